The van der Waals surface area contributed by atoms with Crippen LogP contribution in [0.15, 0.2) is 18.2 Å². The van der Waals surface area contributed by atoms with Crippen LogP contribution in [-0.2, 0) is 9.53 Å². The van der Waals surface area contributed by atoms with Gasteiger partial charge >= 0.3 is 0 Å². The molecule has 1 aliphatic rings. The molecule has 1 saturated heterocycles. The summed E-state index contributed by atoms with van der Waals surface area (Å²) in [5.74, 6) is -0.0910. The molecule has 2 N–H and O–H groups in total. The molecular formula is C15H22N2O2. The summed E-state index contributed by atoms with van der Waals surface area (Å²) >= 11 is 0. The summed E-state index contributed by atoms with van der Waals surface area (Å²) in [6.07, 6.45) is 2.33. The first-order valence-corrected chi connectivity index (χ1v) is 6.84. The zero-order chi connectivity index (χ0) is 13.7. The highest BCUT2D eigenvalue weighted by Gasteiger charge is 2.14. The maximum absolute atomic E-state index is 11.8. The Morgan fingerprint density at radius 2 is 2.32 bits per heavy atom. The lowest BCUT2D eigenvalue weighted by Gasteiger charge is -2.12. The molecular weight excluding hydrogens is 240 g/mol. The van der Waals surface area contributed by atoms with Crippen LogP contribution in [0.3, 0.4) is 0 Å². The van der Waals surface area contributed by atoms with Crippen molar-refractivity contribution in [1.82, 2.24) is 5.32 Å². The normalized spacial score (nSPS) is 18.5. The molecule has 1 aromatic carbocycles. The van der Waals surface area contributed by atoms with Crippen molar-refractivity contribution in [1.29, 1.82) is 0 Å². The second-order valence-electron chi connectivity index (χ2n) is 5.10. The van der Waals surface area contributed by atoms with Crippen molar-refractivity contribution in [2.45, 2.75) is 32.7 Å². The van der Waals surface area contributed by atoms with Crippen LogP contribution in [0.5, 0.6) is 0 Å². The Hall–Kier alpha value is -1.39. The van der Waals surface area contributed by atoms with Crippen LogP contribution in [0.2, 0.25) is 0 Å². The maximum atomic E-state index is 11.8. The van der Waals surface area contributed by atoms with Crippen molar-refractivity contribution in [3.05, 3.63) is 29.3 Å². The van der Waals surface area contributed by atoms with Gasteiger partial charge in [-0.15, -0.1) is 0 Å². The third kappa shape index (κ3) is 4.04. The summed E-state index contributed by atoms with van der Waals surface area (Å²) in [7, 11) is 0. The third-order valence-electron chi connectivity index (χ3n) is 3.59. The molecule has 0 saturated carbocycles. The van der Waals surface area contributed by atoms with Gasteiger partial charge in [-0.2, -0.15) is 0 Å². The van der Waals surface area contributed by atoms with Crippen molar-refractivity contribution in [2.75, 3.05) is 25.1 Å². The number of benzene rings is 1. The quantitative estimate of drug-likeness (QED) is 0.853. The molecule has 1 aliphatic heterocycles. The fraction of sp³-hybridized carbons (Fsp3) is 0.533. The van der Waals surface area contributed by atoms with E-state index < -0.39 is 0 Å². The van der Waals surface area contributed by atoms with Crippen LogP contribution < -0.4 is 10.6 Å². The van der Waals surface area contributed by atoms with Crippen molar-refractivity contribution in [3.8, 4) is 0 Å². The average molecular weight is 262 g/mol. The minimum absolute atomic E-state index is 0.0910. The summed E-state index contributed by atoms with van der Waals surface area (Å²) in [5.41, 5.74) is 3.15. The number of ether oxygens (including phenoxy) is 1. The Morgan fingerprint density at radius 1 is 1.47 bits per heavy atom. The van der Waals surface area contributed by atoms with Gasteiger partial charge in [0.2, 0.25) is 5.91 Å². The van der Waals surface area contributed by atoms with E-state index in [4.69, 9.17) is 4.74 Å². The molecule has 104 valence electrons. The van der Waals surface area contributed by atoms with Gasteiger partial charge < -0.3 is 15.4 Å². The molecule has 1 atom stereocenters. The number of carbonyl (C=O) groups is 1. The molecule has 0 spiro atoms. The largest absolute Gasteiger partial charge is 0.370 e. The van der Waals surface area contributed by atoms with E-state index in [2.05, 4.69) is 10.6 Å². The Bertz CT molecular complexity index is 440. The van der Waals surface area contributed by atoms with E-state index in [-0.39, 0.29) is 12.5 Å². The summed E-state index contributed by atoms with van der Waals surface area (Å²) in [5, 5.41) is 6.23. The van der Waals surface area contributed by atoms with E-state index >= 15 is 0 Å². The number of anilines is 1. The lowest BCUT2D eigenvalue weighted by molar-refractivity contribution is -0.120. The Labute approximate surface area is 114 Å². The predicted octanol–water partition coefficient (Wildman–Crippen LogP) is 2.01. The molecule has 0 unspecified atom stereocenters. The van der Waals surface area contributed by atoms with Gasteiger partial charge in [-0.3, -0.25) is 4.79 Å². The van der Waals surface area contributed by atoms with Gasteiger partial charge in [0, 0.05) is 11.7 Å². The molecule has 1 fully saturated rings. The Balaban J connectivity index is 1.76. The maximum Gasteiger partial charge on any atom is 0.250 e. The average Bonchev–Trinajstić information content (AvgIpc) is 2.88. The van der Waals surface area contributed by atoms with Crippen molar-refractivity contribution in [3.63, 3.8) is 0 Å². The summed E-state index contributed by atoms with van der Waals surface area (Å²) in [6.45, 7) is 5.83. The van der Waals surface area contributed by atoms with Gasteiger partial charge in [-0.25, -0.2) is 0 Å². The molecule has 2 rings (SSSR count). The SMILES string of the molecule is Cc1cccc(NC(=O)COC[C@@H]2CCCN2)c1C. The van der Waals surface area contributed by atoms with Gasteiger partial charge in [0.25, 0.3) is 0 Å². The Morgan fingerprint density at radius 3 is 3.05 bits per heavy atom. The minimum atomic E-state index is -0.0910. The highest BCUT2D eigenvalue weighted by Crippen LogP contribution is 2.17. The lowest BCUT2D eigenvalue weighted by Crippen LogP contribution is -2.29. The van der Waals surface area contributed by atoms with Crippen LogP contribution in [-0.4, -0.2) is 31.7 Å². The first kappa shape index (κ1) is 14.0. The number of aryl methyl sites for hydroxylation is 1. The fourth-order valence-corrected chi connectivity index (χ4v) is 2.27. The van der Waals surface area contributed by atoms with E-state index in [0.717, 1.165) is 24.2 Å². The van der Waals surface area contributed by atoms with E-state index in [1.54, 1.807) is 0 Å². The summed E-state index contributed by atoms with van der Waals surface area (Å²) < 4.78 is 5.45. The van der Waals surface area contributed by atoms with Gasteiger partial charge in [-0.05, 0) is 50.4 Å². The number of nitrogens with one attached hydrogen (secondary N) is 2. The fourth-order valence-electron chi connectivity index (χ4n) is 2.27. The van der Waals surface area contributed by atoms with Crippen LogP contribution in [0.1, 0.15) is 24.0 Å². The monoisotopic (exact) mass is 262 g/mol. The van der Waals surface area contributed by atoms with Crippen molar-refractivity contribution in [2.24, 2.45) is 0 Å². The van der Waals surface area contributed by atoms with Crippen LogP contribution in [0.4, 0.5) is 5.69 Å². The van der Waals surface area contributed by atoms with E-state index in [9.17, 15) is 4.79 Å². The molecule has 4 heteroatoms. The number of hydrogen-bond acceptors (Lipinski definition) is 3. The summed E-state index contributed by atoms with van der Waals surface area (Å²) in [6, 6.07) is 6.31. The molecule has 19 heavy (non-hydrogen) atoms. The summed E-state index contributed by atoms with van der Waals surface area (Å²) in [4.78, 5) is 11.8. The molecule has 1 amide bonds. The second kappa shape index (κ2) is 6.68. The zero-order valence-electron chi connectivity index (χ0n) is 11.7. The van der Waals surface area contributed by atoms with Gasteiger partial charge in [0.15, 0.2) is 0 Å². The third-order valence-corrected chi connectivity index (χ3v) is 3.59. The highest BCUT2D eigenvalue weighted by atomic mass is 16.5. The number of amides is 1. The van der Waals surface area contributed by atoms with Crippen LogP contribution in [0.25, 0.3) is 0 Å². The van der Waals surface area contributed by atoms with Gasteiger partial charge in [-0.1, -0.05) is 12.1 Å². The molecule has 1 aromatic rings. The second-order valence-corrected chi connectivity index (χ2v) is 5.10. The predicted molar refractivity (Wildman–Crippen MR) is 76.4 cm³/mol. The number of rotatable bonds is 5. The molecule has 0 bridgehead atoms. The van der Waals surface area contributed by atoms with Gasteiger partial charge in [0.05, 0.1) is 6.61 Å². The zero-order valence-corrected chi connectivity index (χ0v) is 11.7. The van der Waals surface area contributed by atoms with E-state index in [0.29, 0.717) is 12.6 Å². The smallest absolute Gasteiger partial charge is 0.250 e. The molecule has 0 radical (unpaired) electrons. The Kier molecular flexibility index (Phi) is 4.93. The van der Waals surface area contributed by atoms with E-state index in [1.807, 2.05) is 32.0 Å². The lowest BCUT2D eigenvalue weighted by atomic mass is 10.1. The van der Waals surface area contributed by atoms with Crippen LogP contribution >= 0.6 is 0 Å². The van der Waals surface area contributed by atoms with Gasteiger partial charge in [0.1, 0.15) is 6.61 Å². The van der Waals surface area contributed by atoms with Crippen molar-refractivity contribution >= 4 is 11.6 Å². The minimum Gasteiger partial charge on any atom is -0.370 e. The van der Waals surface area contributed by atoms with Crippen molar-refractivity contribution < 1.29 is 9.53 Å². The highest BCUT2D eigenvalue weighted by molar-refractivity contribution is 5.92. The first-order valence-electron chi connectivity index (χ1n) is 6.84. The molecule has 4 nitrogen and oxygen atoms in total. The standard InChI is InChI=1S/C15H22N2O2/c1-11-5-3-7-14(12(11)2)17-15(18)10-19-9-13-6-4-8-16-13/h3,5,7,13,16H,4,6,8-10H2,1-2H3,(H,17,18)/t13-/m0/s1. The van der Waals surface area contributed by atoms with Crippen LogP contribution in [0, 0.1) is 13.8 Å². The topological polar surface area (TPSA) is 50.4 Å². The van der Waals surface area contributed by atoms with E-state index in [1.165, 1.54) is 12.0 Å². The number of hydrogen-bond donors (Lipinski definition) is 2. The number of carbonyl (C=O) groups excluding carboxylic acids is 1. The molecule has 0 aliphatic carbocycles. The molecule has 1 heterocycles. The first-order chi connectivity index (χ1) is 9.16. The molecule has 0 aromatic heterocycles.